The van der Waals surface area contributed by atoms with Crippen molar-refractivity contribution >= 4 is 22.5 Å². The Bertz CT molecular complexity index is 873. The van der Waals surface area contributed by atoms with Crippen LogP contribution in [-0.4, -0.2) is 34.0 Å². The number of ether oxygens (including phenoxy) is 2. The van der Waals surface area contributed by atoms with Crippen LogP contribution in [0.25, 0.3) is 11.0 Å². The van der Waals surface area contributed by atoms with Crippen molar-refractivity contribution in [3.63, 3.8) is 0 Å². The van der Waals surface area contributed by atoms with Crippen molar-refractivity contribution in [2.24, 2.45) is 7.05 Å². The van der Waals surface area contributed by atoms with E-state index in [1.165, 1.54) is 0 Å². The van der Waals surface area contributed by atoms with Crippen LogP contribution in [0.2, 0.25) is 0 Å². The summed E-state index contributed by atoms with van der Waals surface area (Å²) >= 11 is 0. The van der Waals surface area contributed by atoms with Crippen LogP contribution in [0.3, 0.4) is 0 Å². The molecule has 0 radical (unpaired) electrons. The molecule has 2 heterocycles. The van der Waals surface area contributed by atoms with Crippen molar-refractivity contribution in [3.8, 4) is 11.5 Å². The summed E-state index contributed by atoms with van der Waals surface area (Å²) in [7, 11) is 5.13. The molecular formula is C16H19N5O2. The van der Waals surface area contributed by atoms with Crippen LogP contribution in [0.5, 0.6) is 11.5 Å². The van der Waals surface area contributed by atoms with Gasteiger partial charge in [-0.1, -0.05) is 0 Å². The standard InChI is InChI=1S/C16H19N5O2/c1-9-14-15(21(3)20-9)16(18-10(2)17-14)19-12-8-11(22-4)6-7-13(12)23-5/h6-8H,1-5H3,(H,17,18,19). The Balaban J connectivity index is 2.15. The van der Waals surface area contributed by atoms with Gasteiger partial charge >= 0.3 is 0 Å². The number of rotatable bonds is 4. The summed E-state index contributed by atoms with van der Waals surface area (Å²) < 4.78 is 12.5. The Morgan fingerprint density at radius 3 is 2.57 bits per heavy atom. The van der Waals surface area contributed by atoms with E-state index in [4.69, 9.17) is 9.47 Å². The predicted molar refractivity (Wildman–Crippen MR) is 88.6 cm³/mol. The van der Waals surface area contributed by atoms with E-state index in [0.29, 0.717) is 17.4 Å². The van der Waals surface area contributed by atoms with Crippen molar-refractivity contribution in [3.05, 3.63) is 29.7 Å². The Morgan fingerprint density at radius 2 is 1.87 bits per heavy atom. The number of hydrogen-bond donors (Lipinski definition) is 1. The van der Waals surface area contributed by atoms with E-state index in [9.17, 15) is 0 Å². The van der Waals surface area contributed by atoms with Crippen molar-refractivity contribution in [2.75, 3.05) is 19.5 Å². The van der Waals surface area contributed by atoms with E-state index in [-0.39, 0.29) is 0 Å². The number of anilines is 2. The fraction of sp³-hybridized carbons (Fsp3) is 0.312. The number of methoxy groups -OCH3 is 2. The minimum atomic E-state index is 0.679. The first-order valence-electron chi connectivity index (χ1n) is 7.20. The first-order valence-corrected chi connectivity index (χ1v) is 7.20. The molecule has 0 atom stereocenters. The Morgan fingerprint density at radius 1 is 1.09 bits per heavy atom. The van der Waals surface area contributed by atoms with Crippen molar-refractivity contribution in [1.29, 1.82) is 0 Å². The zero-order chi connectivity index (χ0) is 16.6. The highest BCUT2D eigenvalue weighted by atomic mass is 16.5. The van der Waals surface area contributed by atoms with Crippen molar-refractivity contribution < 1.29 is 9.47 Å². The molecule has 0 unspecified atom stereocenters. The zero-order valence-electron chi connectivity index (χ0n) is 13.8. The molecule has 0 aliphatic carbocycles. The van der Waals surface area contributed by atoms with Crippen molar-refractivity contribution in [2.45, 2.75) is 13.8 Å². The Labute approximate surface area is 134 Å². The summed E-state index contributed by atoms with van der Waals surface area (Å²) in [6, 6.07) is 5.56. The number of fused-ring (bicyclic) bond motifs is 1. The quantitative estimate of drug-likeness (QED) is 0.798. The van der Waals surface area contributed by atoms with Gasteiger partial charge in [-0.2, -0.15) is 5.10 Å². The van der Waals surface area contributed by atoms with Gasteiger partial charge in [-0.05, 0) is 26.0 Å². The molecule has 0 amide bonds. The number of nitrogens with zero attached hydrogens (tertiary/aromatic N) is 4. The largest absolute Gasteiger partial charge is 0.497 e. The summed E-state index contributed by atoms with van der Waals surface area (Å²) in [6.07, 6.45) is 0. The van der Waals surface area contributed by atoms with Gasteiger partial charge in [0.1, 0.15) is 28.4 Å². The number of aryl methyl sites for hydroxylation is 3. The molecule has 3 rings (SSSR count). The third-order valence-corrected chi connectivity index (χ3v) is 3.62. The number of benzene rings is 1. The monoisotopic (exact) mass is 313 g/mol. The second-order valence-electron chi connectivity index (χ2n) is 5.22. The molecule has 1 aromatic carbocycles. The van der Waals surface area contributed by atoms with Crippen LogP contribution in [0.1, 0.15) is 11.5 Å². The van der Waals surface area contributed by atoms with Crippen LogP contribution in [0.15, 0.2) is 18.2 Å². The molecule has 0 fully saturated rings. The Hall–Kier alpha value is -2.83. The SMILES string of the molecule is COc1ccc(OC)c(Nc2nc(C)nc3c(C)nn(C)c23)c1. The first-order chi connectivity index (χ1) is 11.0. The molecule has 0 aliphatic heterocycles. The third-order valence-electron chi connectivity index (χ3n) is 3.62. The maximum absolute atomic E-state index is 5.41. The van der Waals surface area contributed by atoms with Crippen LogP contribution < -0.4 is 14.8 Å². The molecule has 3 aromatic rings. The van der Waals surface area contributed by atoms with Crippen LogP contribution in [-0.2, 0) is 7.05 Å². The molecule has 1 N–H and O–H groups in total. The lowest BCUT2D eigenvalue weighted by Crippen LogP contribution is -2.03. The van der Waals surface area contributed by atoms with Gasteiger partial charge in [-0.3, -0.25) is 4.68 Å². The lowest BCUT2D eigenvalue weighted by Gasteiger charge is -2.13. The minimum absolute atomic E-state index is 0.679. The molecule has 7 nitrogen and oxygen atoms in total. The fourth-order valence-corrected chi connectivity index (χ4v) is 2.57. The molecule has 0 saturated carbocycles. The predicted octanol–water partition coefficient (Wildman–Crippen LogP) is 2.74. The highest BCUT2D eigenvalue weighted by Crippen LogP contribution is 2.33. The molecule has 120 valence electrons. The number of hydrogen-bond acceptors (Lipinski definition) is 6. The van der Waals surface area contributed by atoms with Gasteiger partial charge in [0.05, 0.1) is 25.6 Å². The van der Waals surface area contributed by atoms with Gasteiger partial charge in [0, 0.05) is 13.1 Å². The maximum atomic E-state index is 5.41. The molecule has 0 saturated heterocycles. The second kappa shape index (κ2) is 5.75. The van der Waals surface area contributed by atoms with Gasteiger partial charge in [-0.15, -0.1) is 0 Å². The lowest BCUT2D eigenvalue weighted by molar-refractivity contribution is 0.405. The average Bonchev–Trinajstić information content (AvgIpc) is 2.81. The van der Waals surface area contributed by atoms with Gasteiger partial charge in [0.2, 0.25) is 0 Å². The summed E-state index contributed by atoms with van der Waals surface area (Å²) in [5, 5.41) is 7.75. The van der Waals surface area contributed by atoms with E-state index in [1.54, 1.807) is 18.9 Å². The van der Waals surface area contributed by atoms with Gasteiger partial charge in [-0.25, -0.2) is 9.97 Å². The maximum Gasteiger partial charge on any atom is 0.160 e. The lowest BCUT2D eigenvalue weighted by atomic mass is 10.2. The first kappa shape index (κ1) is 15.1. The minimum Gasteiger partial charge on any atom is -0.497 e. The van der Waals surface area contributed by atoms with Crippen molar-refractivity contribution in [1.82, 2.24) is 19.7 Å². The molecule has 0 bridgehead atoms. The molecule has 23 heavy (non-hydrogen) atoms. The normalized spacial score (nSPS) is 10.8. The highest BCUT2D eigenvalue weighted by Gasteiger charge is 2.15. The summed E-state index contributed by atoms with van der Waals surface area (Å²) in [6.45, 7) is 3.80. The molecule has 2 aromatic heterocycles. The molecule has 0 spiro atoms. The number of aromatic nitrogens is 4. The van der Waals surface area contributed by atoms with Crippen LogP contribution in [0.4, 0.5) is 11.5 Å². The van der Waals surface area contributed by atoms with E-state index in [2.05, 4.69) is 20.4 Å². The summed E-state index contributed by atoms with van der Waals surface area (Å²) in [4.78, 5) is 9.01. The van der Waals surface area contributed by atoms with Gasteiger partial charge in [0.25, 0.3) is 0 Å². The summed E-state index contributed by atoms with van der Waals surface area (Å²) in [5.41, 5.74) is 3.32. The van der Waals surface area contributed by atoms with E-state index in [0.717, 1.165) is 28.2 Å². The fourth-order valence-electron chi connectivity index (χ4n) is 2.57. The third kappa shape index (κ3) is 2.65. The average molecular weight is 313 g/mol. The smallest absolute Gasteiger partial charge is 0.160 e. The summed E-state index contributed by atoms with van der Waals surface area (Å²) in [5.74, 6) is 2.80. The number of nitrogens with one attached hydrogen (secondary N) is 1. The Kier molecular flexibility index (Phi) is 3.77. The van der Waals surface area contributed by atoms with Crippen LogP contribution >= 0.6 is 0 Å². The van der Waals surface area contributed by atoms with Crippen LogP contribution in [0, 0.1) is 13.8 Å². The van der Waals surface area contributed by atoms with E-state index < -0.39 is 0 Å². The van der Waals surface area contributed by atoms with E-state index in [1.807, 2.05) is 39.1 Å². The topological polar surface area (TPSA) is 74.1 Å². The van der Waals surface area contributed by atoms with Gasteiger partial charge in [0.15, 0.2) is 5.82 Å². The molecule has 7 heteroatoms. The van der Waals surface area contributed by atoms with E-state index >= 15 is 0 Å². The zero-order valence-corrected chi connectivity index (χ0v) is 13.8. The highest BCUT2D eigenvalue weighted by molar-refractivity contribution is 5.90. The van der Waals surface area contributed by atoms with Gasteiger partial charge < -0.3 is 14.8 Å². The molecule has 0 aliphatic rings. The molecular weight excluding hydrogens is 294 g/mol. The second-order valence-corrected chi connectivity index (χ2v) is 5.22.